The Bertz CT molecular complexity index is 1500. The van der Waals surface area contributed by atoms with Gasteiger partial charge >= 0.3 is 0 Å². The predicted molar refractivity (Wildman–Crippen MR) is 166 cm³/mol. The molecule has 6 rings (SSSR count). The number of carbonyl (C=O) groups is 4. The van der Waals surface area contributed by atoms with Crippen LogP contribution in [-0.4, -0.2) is 121 Å². The minimum absolute atomic E-state index is 0.0427. The monoisotopic (exact) mass is 617 g/mol. The number of ether oxygens (including phenoxy) is 2. The van der Waals surface area contributed by atoms with Crippen molar-refractivity contribution in [2.24, 2.45) is 5.92 Å². The van der Waals surface area contributed by atoms with Crippen LogP contribution in [0.25, 0.3) is 10.9 Å². The molecule has 45 heavy (non-hydrogen) atoms. The van der Waals surface area contributed by atoms with Crippen LogP contribution in [0, 0.1) is 5.92 Å². The van der Waals surface area contributed by atoms with Crippen LogP contribution in [0.15, 0.2) is 60.8 Å². The number of aromatic nitrogens is 1. The maximum Gasteiger partial charge on any atom is 0.290 e. The van der Waals surface area contributed by atoms with Crippen LogP contribution in [-0.2, 0) is 19.1 Å². The molecule has 0 aliphatic carbocycles. The number of nitrogens with one attached hydrogen (secondary N) is 1. The minimum Gasteiger partial charge on any atom is -0.492 e. The Morgan fingerprint density at radius 3 is 2.58 bits per heavy atom. The van der Waals surface area contributed by atoms with E-state index in [-0.39, 0.29) is 36.0 Å². The van der Waals surface area contributed by atoms with Crippen molar-refractivity contribution in [2.75, 3.05) is 72.2 Å². The van der Waals surface area contributed by atoms with E-state index in [4.69, 9.17) is 19.4 Å². The van der Waals surface area contributed by atoms with Crippen molar-refractivity contribution in [2.45, 2.75) is 12.3 Å². The molecule has 12 nitrogen and oxygen atoms in total. The Hall–Kier alpha value is -4.55. The first-order chi connectivity index (χ1) is 22.0. The Kier molecular flexibility index (Phi) is 10.9. The molecule has 0 saturated carbocycles. The summed E-state index contributed by atoms with van der Waals surface area (Å²) in [6, 6.07) is 17.1. The van der Waals surface area contributed by atoms with E-state index in [0.29, 0.717) is 76.8 Å². The SMILES string of the molecule is O=C1NCCCN(C(=O)c2ccc3ncccc3c2)CCOc2cccc(c2)[C@H]2CN(C(=O)CN3CCOCC3)C[C@H]12.O=CO. The molecule has 3 aliphatic heterocycles. The number of amides is 3. The van der Waals surface area contributed by atoms with Gasteiger partial charge in [-0.2, -0.15) is 0 Å². The first-order valence-corrected chi connectivity index (χ1v) is 15.3. The summed E-state index contributed by atoms with van der Waals surface area (Å²) >= 11 is 0. The molecule has 2 bridgehead atoms. The van der Waals surface area contributed by atoms with Gasteiger partial charge in [-0.25, -0.2) is 0 Å². The van der Waals surface area contributed by atoms with Crippen LogP contribution < -0.4 is 10.1 Å². The standard InChI is InChI=1S/C32H37N5O5.CH2O2/c38-30(22-35-12-15-41-16-13-35)37-20-27-23-4-1-6-26(19-23)42-17-14-36(11-3-10-34-31(39)28(27)21-37)32(40)25-7-8-29-24(18-25)5-2-9-33-29;2-1-3/h1-2,4-9,18-19,27-28H,3,10-17,20-22H2,(H,34,39);1H,(H,2,3)/t27-,28+;/m1./s1. The highest BCUT2D eigenvalue weighted by Gasteiger charge is 2.40. The van der Waals surface area contributed by atoms with E-state index in [1.165, 1.54) is 0 Å². The van der Waals surface area contributed by atoms with Crippen LogP contribution >= 0.6 is 0 Å². The molecular formula is C33H39N5O7. The van der Waals surface area contributed by atoms with Gasteiger partial charge in [-0.1, -0.05) is 18.2 Å². The lowest BCUT2D eigenvalue weighted by atomic mass is 9.88. The summed E-state index contributed by atoms with van der Waals surface area (Å²) in [5, 5.41) is 10.9. The van der Waals surface area contributed by atoms with Gasteiger partial charge in [0.25, 0.3) is 12.4 Å². The Morgan fingerprint density at radius 2 is 1.76 bits per heavy atom. The summed E-state index contributed by atoms with van der Waals surface area (Å²) < 4.78 is 11.5. The smallest absolute Gasteiger partial charge is 0.290 e. The highest BCUT2D eigenvalue weighted by molar-refractivity contribution is 5.98. The van der Waals surface area contributed by atoms with Gasteiger partial charge in [0.1, 0.15) is 12.4 Å². The van der Waals surface area contributed by atoms with E-state index < -0.39 is 0 Å². The first-order valence-electron chi connectivity index (χ1n) is 15.3. The van der Waals surface area contributed by atoms with Gasteiger partial charge in [0.05, 0.1) is 37.7 Å². The Balaban J connectivity index is 0.00000128. The zero-order valence-electron chi connectivity index (χ0n) is 25.2. The molecule has 0 radical (unpaired) electrons. The third-order valence-corrected chi connectivity index (χ3v) is 8.43. The molecule has 3 aliphatic rings. The second kappa shape index (κ2) is 15.4. The molecule has 1 aromatic heterocycles. The number of morpholine rings is 1. The number of hydrogen-bond acceptors (Lipinski definition) is 8. The molecule has 2 fully saturated rings. The van der Waals surface area contributed by atoms with E-state index >= 15 is 0 Å². The highest BCUT2D eigenvalue weighted by Crippen LogP contribution is 2.35. The van der Waals surface area contributed by atoms with Crippen LogP contribution in [0.5, 0.6) is 5.75 Å². The zero-order chi connectivity index (χ0) is 31.6. The van der Waals surface area contributed by atoms with E-state index in [1.807, 2.05) is 53.4 Å². The van der Waals surface area contributed by atoms with Crippen LogP contribution in [0.3, 0.4) is 0 Å². The predicted octanol–water partition coefficient (Wildman–Crippen LogP) is 1.85. The van der Waals surface area contributed by atoms with E-state index in [2.05, 4.69) is 15.2 Å². The molecule has 12 heteroatoms. The van der Waals surface area contributed by atoms with Gasteiger partial charge in [-0.05, 0) is 48.4 Å². The van der Waals surface area contributed by atoms with Gasteiger partial charge in [-0.3, -0.25) is 29.1 Å². The molecule has 238 valence electrons. The number of rotatable bonds is 3. The van der Waals surface area contributed by atoms with Gasteiger partial charge in [0.2, 0.25) is 11.8 Å². The molecule has 2 N–H and O–H groups in total. The van der Waals surface area contributed by atoms with Gasteiger partial charge in [0, 0.05) is 62.3 Å². The number of carboxylic acid groups (broad SMARTS) is 1. The van der Waals surface area contributed by atoms with Crippen molar-refractivity contribution in [3.05, 3.63) is 71.9 Å². The summed E-state index contributed by atoms with van der Waals surface area (Å²) in [6.07, 6.45) is 2.34. The molecule has 2 atom stereocenters. The third-order valence-electron chi connectivity index (χ3n) is 8.43. The Labute approximate surface area is 261 Å². The summed E-state index contributed by atoms with van der Waals surface area (Å²) in [6.45, 7) is 5.39. The van der Waals surface area contributed by atoms with Crippen molar-refractivity contribution >= 4 is 35.1 Å². The molecule has 2 aromatic carbocycles. The Morgan fingerprint density at radius 1 is 0.956 bits per heavy atom. The normalized spacial score (nSPS) is 20.9. The van der Waals surface area contributed by atoms with Gasteiger partial charge < -0.3 is 29.7 Å². The summed E-state index contributed by atoms with van der Waals surface area (Å²) in [7, 11) is 0. The number of fused-ring (bicyclic) bond motifs is 5. The molecule has 4 heterocycles. The number of pyridine rings is 1. The quantitative estimate of drug-likeness (QED) is 0.421. The largest absolute Gasteiger partial charge is 0.492 e. The summed E-state index contributed by atoms with van der Waals surface area (Å²) in [5.41, 5.74) is 2.41. The van der Waals surface area contributed by atoms with E-state index in [9.17, 15) is 14.4 Å². The lowest BCUT2D eigenvalue weighted by Crippen LogP contribution is -2.44. The second-order valence-corrected chi connectivity index (χ2v) is 11.3. The van der Waals surface area contributed by atoms with Gasteiger partial charge in [0.15, 0.2) is 0 Å². The van der Waals surface area contributed by atoms with Crippen molar-refractivity contribution in [1.29, 1.82) is 0 Å². The number of hydrogen-bond donors (Lipinski definition) is 2. The number of likely N-dealkylation sites (tertiary alicyclic amines) is 1. The molecule has 2 saturated heterocycles. The topological polar surface area (TPSA) is 142 Å². The minimum atomic E-state index is -0.360. The second-order valence-electron chi connectivity index (χ2n) is 11.3. The van der Waals surface area contributed by atoms with Crippen molar-refractivity contribution in [1.82, 2.24) is 25.0 Å². The maximum absolute atomic E-state index is 13.5. The summed E-state index contributed by atoms with van der Waals surface area (Å²) in [4.78, 5) is 58.7. The fraction of sp³-hybridized carbons (Fsp3) is 0.424. The van der Waals surface area contributed by atoms with Crippen LogP contribution in [0.1, 0.15) is 28.3 Å². The lowest BCUT2D eigenvalue weighted by molar-refractivity contribution is -0.133. The molecular weight excluding hydrogens is 578 g/mol. The van der Waals surface area contributed by atoms with Crippen molar-refractivity contribution in [3.8, 4) is 5.75 Å². The number of nitrogens with zero attached hydrogens (tertiary/aromatic N) is 4. The highest BCUT2D eigenvalue weighted by atomic mass is 16.5. The molecule has 3 aromatic rings. The zero-order valence-corrected chi connectivity index (χ0v) is 25.2. The van der Waals surface area contributed by atoms with Crippen molar-refractivity contribution in [3.63, 3.8) is 0 Å². The van der Waals surface area contributed by atoms with Crippen molar-refractivity contribution < 1.29 is 33.8 Å². The number of carbonyl (C=O) groups excluding carboxylic acids is 3. The van der Waals surface area contributed by atoms with Crippen LogP contribution in [0.2, 0.25) is 0 Å². The fourth-order valence-corrected chi connectivity index (χ4v) is 6.09. The van der Waals surface area contributed by atoms with Crippen LogP contribution in [0.4, 0.5) is 0 Å². The van der Waals surface area contributed by atoms with E-state index in [0.717, 1.165) is 29.6 Å². The number of benzene rings is 2. The lowest BCUT2D eigenvalue weighted by Gasteiger charge is -2.28. The fourth-order valence-electron chi connectivity index (χ4n) is 6.09. The first kappa shape index (κ1) is 31.9. The summed E-state index contributed by atoms with van der Waals surface area (Å²) in [5.74, 6) is 0.102. The maximum atomic E-state index is 13.5. The molecule has 0 unspecified atom stereocenters. The molecule has 0 spiro atoms. The average molecular weight is 618 g/mol. The third kappa shape index (κ3) is 8.14. The van der Waals surface area contributed by atoms with Gasteiger partial charge in [-0.15, -0.1) is 0 Å². The molecule has 3 amide bonds. The van der Waals surface area contributed by atoms with E-state index in [1.54, 1.807) is 17.2 Å². The average Bonchev–Trinajstić information content (AvgIpc) is 3.52.